The Balaban J connectivity index is 4.61. The van der Waals surface area contributed by atoms with Crippen LogP contribution in [0.25, 0.3) is 0 Å². The lowest BCUT2D eigenvalue weighted by Gasteiger charge is -2.25. The van der Waals surface area contributed by atoms with Crippen molar-refractivity contribution in [2.75, 3.05) is 14.2 Å². The Labute approximate surface area is 89.7 Å². The second-order valence-electron chi connectivity index (χ2n) is 3.39. The van der Waals surface area contributed by atoms with Crippen LogP contribution in [0, 0.1) is 5.92 Å². The number of nitrogens with two attached hydrogens (primary N) is 1. The fourth-order valence-corrected chi connectivity index (χ4v) is 1.12. The third kappa shape index (κ3) is 4.16. The number of carbonyl (C=O) groups is 2. The smallest absolute Gasteiger partial charge is 0.312 e. The molecule has 0 heterocycles. The number of hydrogen-bond acceptors (Lipinski definition) is 3. The Morgan fingerprint density at radius 3 is 2.40 bits per heavy atom. The van der Waals surface area contributed by atoms with E-state index in [0.717, 1.165) is 11.5 Å². The first-order chi connectivity index (χ1) is 6.93. The predicted molar refractivity (Wildman–Crippen MR) is 55.7 cm³/mol. The number of amides is 3. The van der Waals surface area contributed by atoms with Gasteiger partial charge < -0.3 is 11.1 Å². The van der Waals surface area contributed by atoms with Gasteiger partial charge in [-0.3, -0.25) is 9.63 Å². The number of likely N-dealkylation sites (N-methyl/N-ethyl adjacent to an activating group) is 1. The first-order valence-electron chi connectivity index (χ1n) is 4.81. The van der Waals surface area contributed by atoms with Gasteiger partial charge in [0.25, 0.3) is 5.91 Å². The molecule has 0 rings (SSSR count). The van der Waals surface area contributed by atoms with Gasteiger partial charge in [-0.2, -0.15) is 0 Å². The molecule has 0 spiro atoms. The van der Waals surface area contributed by atoms with E-state index in [9.17, 15) is 9.59 Å². The van der Waals surface area contributed by atoms with Crippen molar-refractivity contribution < 1.29 is 14.4 Å². The van der Waals surface area contributed by atoms with Crippen molar-refractivity contribution in [2.24, 2.45) is 11.7 Å². The summed E-state index contributed by atoms with van der Waals surface area (Å²) in [5.41, 5.74) is 5.00. The topological polar surface area (TPSA) is 84.7 Å². The van der Waals surface area contributed by atoms with Crippen molar-refractivity contribution in [3.8, 4) is 0 Å². The zero-order valence-electron chi connectivity index (χ0n) is 9.61. The van der Waals surface area contributed by atoms with Crippen LogP contribution in [-0.2, 0) is 9.63 Å². The van der Waals surface area contributed by atoms with Crippen LogP contribution < -0.4 is 11.1 Å². The molecular weight excluding hydrogens is 198 g/mol. The van der Waals surface area contributed by atoms with Crippen molar-refractivity contribution in [1.82, 2.24) is 10.4 Å². The van der Waals surface area contributed by atoms with E-state index in [2.05, 4.69) is 5.32 Å². The third-order valence-electron chi connectivity index (χ3n) is 2.36. The number of nitrogens with one attached hydrogen (secondary N) is 1. The minimum Gasteiger partial charge on any atom is -0.352 e. The molecule has 0 aliphatic heterocycles. The summed E-state index contributed by atoms with van der Waals surface area (Å²) in [5.74, 6) is -0.312. The number of primary amides is 1. The van der Waals surface area contributed by atoms with Gasteiger partial charge in [0.05, 0.1) is 7.11 Å². The van der Waals surface area contributed by atoms with Gasteiger partial charge in [0.1, 0.15) is 6.04 Å². The molecule has 6 heteroatoms. The molecule has 0 radical (unpaired) electrons. The SMILES string of the molecule is CCC(C)C(NC(N)=O)C(=O)N(C)OC. The van der Waals surface area contributed by atoms with Crippen molar-refractivity contribution in [1.29, 1.82) is 0 Å². The molecule has 6 nitrogen and oxygen atoms in total. The first kappa shape index (κ1) is 13.7. The minimum atomic E-state index is -0.710. The van der Waals surface area contributed by atoms with Crippen LogP contribution in [0.1, 0.15) is 20.3 Å². The second-order valence-corrected chi connectivity index (χ2v) is 3.39. The lowest BCUT2D eigenvalue weighted by Crippen LogP contribution is -2.51. The van der Waals surface area contributed by atoms with Gasteiger partial charge in [-0.25, -0.2) is 9.86 Å². The highest BCUT2D eigenvalue weighted by Gasteiger charge is 2.27. The van der Waals surface area contributed by atoms with Gasteiger partial charge >= 0.3 is 6.03 Å². The highest BCUT2D eigenvalue weighted by molar-refractivity contribution is 5.86. The van der Waals surface area contributed by atoms with Crippen molar-refractivity contribution in [3.05, 3.63) is 0 Å². The third-order valence-corrected chi connectivity index (χ3v) is 2.36. The molecule has 3 amide bonds. The van der Waals surface area contributed by atoms with E-state index in [1.807, 2.05) is 13.8 Å². The van der Waals surface area contributed by atoms with E-state index < -0.39 is 12.1 Å². The van der Waals surface area contributed by atoms with E-state index in [0.29, 0.717) is 0 Å². The fourth-order valence-electron chi connectivity index (χ4n) is 1.12. The summed E-state index contributed by atoms with van der Waals surface area (Å²) in [4.78, 5) is 27.2. The number of carbonyl (C=O) groups excluding carboxylic acids is 2. The number of hydrogen-bond donors (Lipinski definition) is 2. The lowest BCUT2D eigenvalue weighted by atomic mass is 9.98. The normalized spacial score (nSPS) is 14.1. The monoisotopic (exact) mass is 217 g/mol. The van der Waals surface area contributed by atoms with Gasteiger partial charge in [-0.15, -0.1) is 0 Å². The predicted octanol–water partition coefficient (Wildman–Crippen LogP) is 0.0892. The van der Waals surface area contributed by atoms with Crippen LogP contribution in [0.4, 0.5) is 4.79 Å². The number of hydroxylamine groups is 2. The van der Waals surface area contributed by atoms with E-state index in [1.54, 1.807) is 0 Å². The molecule has 0 aliphatic rings. The Hall–Kier alpha value is -1.30. The molecule has 0 aliphatic carbocycles. The standard InChI is InChI=1S/C9H19N3O3/c1-5-6(2)7(11-9(10)14)8(13)12(3)15-4/h6-7H,5H2,1-4H3,(H3,10,11,14). The Morgan fingerprint density at radius 1 is 1.53 bits per heavy atom. The summed E-state index contributed by atoms with van der Waals surface area (Å²) in [5, 5.41) is 3.49. The Kier molecular flexibility index (Phi) is 5.69. The zero-order chi connectivity index (χ0) is 12.0. The lowest BCUT2D eigenvalue weighted by molar-refractivity contribution is -0.172. The molecule has 0 saturated carbocycles. The molecule has 0 fully saturated rings. The Bertz CT molecular complexity index is 233. The molecule has 15 heavy (non-hydrogen) atoms. The molecule has 0 aromatic rings. The maximum atomic E-state index is 11.7. The molecule has 2 unspecified atom stereocenters. The summed E-state index contributed by atoms with van der Waals surface area (Å²) in [6.45, 7) is 3.79. The Morgan fingerprint density at radius 2 is 2.07 bits per heavy atom. The average molecular weight is 217 g/mol. The quantitative estimate of drug-likeness (QED) is 0.640. The largest absolute Gasteiger partial charge is 0.352 e. The van der Waals surface area contributed by atoms with Gasteiger partial charge in [0.15, 0.2) is 0 Å². The highest BCUT2D eigenvalue weighted by Crippen LogP contribution is 2.10. The summed E-state index contributed by atoms with van der Waals surface area (Å²) in [7, 11) is 2.87. The minimum absolute atomic E-state index is 0.00241. The molecular formula is C9H19N3O3. The van der Waals surface area contributed by atoms with Crippen LogP contribution in [0.3, 0.4) is 0 Å². The number of urea groups is 1. The van der Waals surface area contributed by atoms with Crippen molar-refractivity contribution >= 4 is 11.9 Å². The average Bonchev–Trinajstić information content (AvgIpc) is 2.22. The number of nitrogens with zero attached hydrogens (tertiary/aromatic N) is 1. The maximum Gasteiger partial charge on any atom is 0.312 e. The van der Waals surface area contributed by atoms with E-state index in [4.69, 9.17) is 10.6 Å². The zero-order valence-corrected chi connectivity index (χ0v) is 9.61. The summed E-state index contributed by atoms with van der Waals surface area (Å²) >= 11 is 0. The molecule has 2 atom stereocenters. The van der Waals surface area contributed by atoms with Gasteiger partial charge in [0, 0.05) is 7.05 Å². The second kappa shape index (κ2) is 6.23. The van der Waals surface area contributed by atoms with Crippen LogP contribution >= 0.6 is 0 Å². The van der Waals surface area contributed by atoms with Crippen molar-refractivity contribution in [2.45, 2.75) is 26.3 Å². The highest BCUT2D eigenvalue weighted by atomic mass is 16.7. The van der Waals surface area contributed by atoms with Gasteiger partial charge in [-0.1, -0.05) is 20.3 Å². The molecule has 88 valence electrons. The van der Waals surface area contributed by atoms with Crippen LogP contribution in [0.5, 0.6) is 0 Å². The maximum absolute atomic E-state index is 11.7. The first-order valence-corrected chi connectivity index (χ1v) is 4.81. The molecule has 0 aromatic carbocycles. The molecule has 0 saturated heterocycles. The summed E-state index contributed by atoms with van der Waals surface area (Å²) in [6, 6.07) is -1.35. The van der Waals surface area contributed by atoms with E-state index in [1.165, 1.54) is 14.2 Å². The van der Waals surface area contributed by atoms with Crippen LogP contribution in [0.15, 0.2) is 0 Å². The molecule has 3 N–H and O–H groups in total. The van der Waals surface area contributed by atoms with E-state index >= 15 is 0 Å². The van der Waals surface area contributed by atoms with Gasteiger partial charge in [-0.05, 0) is 5.92 Å². The molecule has 0 bridgehead atoms. The van der Waals surface area contributed by atoms with Crippen LogP contribution in [0.2, 0.25) is 0 Å². The van der Waals surface area contributed by atoms with Crippen LogP contribution in [-0.4, -0.2) is 37.2 Å². The molecule has 0 aromatic heterocycles. The van der Waals surface area contributed by atoms with E-state index in [-0.39, 0.29) is 11.8 Å². The fraction of sp³-hybridized carbons (Fsp3) is 0.778. The van der Waals surface area contributed by atoms with Gasteiger partial charge in [0.2, 0.25) is 0 Å². The summed E-state index contributed by atoms with van der Waals surface area (Å²) in [6.07, 6.45) is 0.758. The number of rotatable bonds is 5. The summed E-state index contributed by atoms with van der Waals surface area (Å²) < 4.78 is 0. The van der Waals surface area contributed by atoms with Crippen molar-refractivity contribution in [3.63, 3.8) is 0 Å².